The zero-order valence-corrected chi connectivity index (χ0v) is 21.4. The lowest BCUT2D eigenvalue weighted by Crippen LogP contribution is -2.43. The SMILES string of the molecule is CC[C@@H]1CN(C2CCOCC2)Cc2cc(C(=O)N[C@@H](CO)c3ccc(S(=O)(=O)CC)cc3)ccc21. The summed E-state index contributed by atoms with van der Waals surface area (Å²) < 4.78 is 29.7. The number of sulfone groups is 1. The number of aliphatic hydroxyl groups excluding tert-OH is 1. The summed E-state index contributed by atoms with van der Waals surface area (Å²) in [6, 6.07) is 12.2. The molecule has 2 aliphatic heterocycles. The largest absolute Gasteiger partial charge is 0.394 e. The lowest BCUT2D eigenvalue weighted by atomic mass is 9.85. The number of nitrogens with zero attached hydrogens (tertiary/aromatic N) is 1. The van der Waals surface area contributed by atoms with Crippen LogP contribution in [-0.2, 0) is 21.1 Å². The van der Waals surface area contributed by atoms with Crippen molar-refractivity contribution in [2.75, 3.05) is 32.1 Å². The minimum absolute atomic E-state index is 0.0235. The van der Waals surface area contributed by atoms with Crippen LogP contribution in [0.4, 0.5) is 0 Å². The summed E-state index contributed by atoms with van der Waals surface area (Å²) in [6.45, 7) is 7.01. The van der Waals surface area contributed by atoms with Gasteiger partial charge in [0.25, 0.3) is 5.91 Å². The first-order valence-electron chi connectivity index (χ1n) is 12.5. The average Bonchev–Trinajstić information content (AvgIpc) is 2.91. The van der Waals surface area contributed by atoms with Crippen LogP contribution < -0.4 is 5.32 Å². The van der Waals surface area contributed by atoms with E-state index in [1.807, 2.05) is 12.1 Å². The number of benzene rings is 2. The molecule has 0 saturated carbocycles. The number of hydrogen-bond donors (Lipinski definition) is 2. The molecule has 0 aromatic heterocycles. The molecule has 0 aliphatic carbocycles. The number of hydrogen-bond acceptors (Lipinski definition) is 6. The number of ether oxygens (including phenoxy) is 1. The van der Waals surface area contributed by atoms with Crippen molar-refractivity contribution in [3.05, 3.63) is 64.7 Å². The van der Waals surface area contributed by atoms with E-state index in [0.29, 0.717) is 23.1 Å². The number of fused-ring (bicyclic) bond motifs is 1. The predicted octanol–water partition coefficient (Wildman–Crippen LogP) is 3.43. The summed E-state index contributed by atoms with van der Waals surface area (Å²) in [5.74, 6) is 0.213. The number of carbonyl (C=O) groups excluding carboxylic acids is 1. The fourth-order valence-corrected chi connectivity index (χ4v) is 6.06. The molecule has 8 heteroatoms. The summed E-state index contributed by atoms with van der Waals surface area (Å²) in [5, 5.41) is 12.8. The van der Waals surface area contributed by atoms with Gasteiger partial charge in [-0.15, -0.1) is 0 Å². The lowest BCUT2D eigenvalue weighted by molar-refractivity contribution is 0.0252. The molecule has 2 aliphatic rings. The molecule has 2 heterocycles. The Kier molecular flexibility index (Phi) is 8.27. The van der Waals surface area contributed by atoms with E-state index in [4.69, 9.17) is 4.74 Å². The van der Waals surface area contributed by atoms with Crippen molar-refractivity contribution in [2.45, 2.75) is 62.6 Å². The molecule has 2 aromatic rings. The topological polar surface area (TPSA) is 95.9 Å². The first-order chi connectivity index (χ1) is 16.9. The van der Waals surface area contributed by atoms with E-state index in [9.17, 15) is 18.3 Å². The van der Waals surface area contributed by atoms with Crippen LogP contribution in [0, 0.1) is 0 Å². The Labute approximate surface area is 208 Å². The zero-order valence-electron chi connectivity index (χ0n) is 20.6. The van der Waals surface area contributed by atoms with Gasteiger partial charge < -0.3 is 15.2 Å². The highest BCUT2D eigenvalue weighted by Gasteiger charge is 2.30. The van der Waals surface area contributed by atoms with Gasteiger partial charge >= 0.3 is 0 Å². The van der Waals surface area contributed by atoms with Crippen LogP contribution in [0.2, 0.25) is 0 Å². The zero-order chi connectivity index (χ0) is 25.0. The van der Waals surface area contributed by atoms with Gasteiger partial charge in [0.2, 0.25) is 0 Å². The molecule has 2 aromatic carbocycles. The maximum absolute atomic E-state index is 13.1. The van der Waals surface area contributed by atoms with Gasteiger partial charge in [-0.1, -0.05) is 32.0 Å². The van der Waals surface area contributed by atoms with E-state index >= 15 is 0 Å². The maximum atomic E-state index is 13.1. The van der Waals surface area contributed by atoms with Crippen LogP contribution in [0.25, 0.3) is 0 Å². The second-order valence-electron chi connectivity index (χ2n) is 9.47. The van der Waals surface area contributed by atoms with Crippen molar-refractivity contribution in [3.63, 3.8) is 0 Å². The van der Waals surface area contributed by atoms with Gasteiger partial charge in [-0.2, -0.15) is 0 Å². The van der Waals surface area contributed by atoms with Crippen LogP contribution in [0.5, 0.6) is 0 Å². The first-order valence-corrected chi connectivity index (χ1v) is 14.2. The van der Waals surface area contributed by atoms with Crippen molar-refractivity contribution in [1.29, 1.82) is 0 Å². The van der Waals surface area contributed by atoms with Crippen molar-refractivity contribution in [3.8, 4) is 0 Å². The van der Waals surface area contributed by atoms with E-state index in [2.05, 4.69) is 23.2 Å². The van der Waals surface area contributed by atoms with Crippen molar-refractivity contribution >= 4 is 15.7 Å². The van der Waals surface area contributed by atoms with Crippen LogP contribution in [-0.4, -0.2) is 62.5 Å². The molecule has 0 radical (unpaired) electrons. The molecule has 2 atom stereocenters. The molecule has 0 spiro atoms. The second kappa shape index (κ2) is 11.2. The highest BCUT2D eigenvalue weighted by molar-refractivity contribution is 7.91. The van der Waals surface area contributed by atoms with Gasteiger partial charge in [-0.3, -0.25) is 9.69 Å². The summed E-state index contributed by atoms with van der Waals surface area (Å²) in [4.78, 5) is 15.9. The molecule has 1 amide bonds. The maximum Gasteiger partial charge on any atom is 0.251 e. The van der Waals surface area contributed by atoms with Crippen LogP contribution >= 0.6 is 0 Å². The Morgan fingerprint density at radius 1 is 1.14 bits per heavy atom. The van der Waals surface area contributed by atoms with Gasteiger partial charge in [0, 0.05) is 37.9 Å². The fourth-order valence-electron chi connectivity index (χ4n) is 5.17. The van der Waals surface area contributed by atoms with Crippen LogP contribution in [0.1, 0.15) is 72.1 Å². The number of carbonyl (C=O) groups is 1. The number of rotatable bonds is 8. The molecule has 4 rings (SSSR count). The Bertz CT molecular complexity index is 1130. The van der Waals surface area contributed by atoms with Gasteiger partial charge in [0.15, 0.2) is 9.84 Å². The quantitative estimate of drug-likeness (QED) is 0.577. The molecule has 1 saturated heterocycles. The van der Waals surface area contributed by atoms with Crippen molar-refractivity contribution < 1.29 is 23.1 Å². The Morgan fingerprint density at radius 3 is 2.49 bits per heavy atom. The number of aliphatic hydroxyl groups is 1. The molecule has 35 heavy (non-hydrogen) atoms. The third-order valence-electron chi connectivity index (χ3n) is 7.38. The molecule has 7 nitrogen and oxygen atoms in total. The monoisotopic (exact) mass is 500 g/mol. The molecule has 0 unspecified atom stereocenters. The molecule has 190 valence electrons. The molecule has 0 bridgehead atoms. The van der Waals surface area contributed by atoms with E-state index < -0.39 is 15.9 Å². The van der Waals surface area contributed by atoms with Gasteiger partial charge in [0.1, 0.15) is 0 Å². The summed E-state index contributed by atoms with van der Waals surface area (Å²) >= 11 is 0. The summed E-state index contributed by atoms with van der Waals surface area (Å²) in [6.07, 6.45) is 3.14. The molecule has 1 fully saturated rings. The summed E-state index contributed by atoms with van der Waals surface area (Å²) in [7, 11) is -3.30. The van der Waals surface area contributed by atoms with E-state index in [0.717, 1.165) is 45.6 Å². The fraction of sp³-hybridized carbons (Fsp3) is 0.519. The van der Waals surface area contributed by atoms with Crippen molar-refractivity contribution in [1.82, 2.24) is 10.2 Å². The van der Waals surface area contributed by atoms with Gasteiger partial charge in [0.05, 0.1) is 23.3 Å². The molecular formula is C27H36N2O5S. The smallest absolute Gasteiger partial charge is 0.251 e. The second-order valence-corrected chi connectivity index (χ2v) is 11.8. The Morgan fingerprint density at radius 2 is 1.86 bits per heavy atom. The Hall–Kier alpha value is -2.26. The summed E-state index contributed by atoms with van der Waals surface area (Å²) in [5.41, 5.74) is 3.73. The predicted molar refractivity (Wildman–Crippen MR) is 135 cm³/mol. The molecular weight excluding hydrogens is 464 g/mol. The number of amides is 1. The highest BCUT2D eigenvalue weighted by Crippen LogP contribution is 2.34. The van der Waals surface area contributed by atoms with Crippen LogP contribution in [0.3, 0.4) is 0 Å². The third kappa shape index (κ3) is 5.77. The van der Waals surface area contributed by atoms with E-state index in [-0.39, 0.29) is 23.2 Å². The lowest BCUT2D eigenvalue weighted by Gasteiger charge is -2.41. The Balaban J connectivity index is 1.50. The van der Waals surface area contributed by atoms with Crippen LogP contribution in [0.15, 0.2) is 47.4 Å². The normalized spacial score (nSPS) is 20.3. The first kappa shape index (κ1) is 25.8. The standard InChI is InChI=1S/C27H36N2O5S/c1-3-19-16-29(23-11-13-34-14-12-23)17-22-15-21(7-10-25(19)22)27(31)28-26(18-30)20-5-8-24(9-6-20)35(32,33)4-2/h5-10,15,19,23,26,30H,3-4,11-14,16-18H2,1-2H3,(H,28,31)/t19-,26+/m1/s1. The average molecular weight is 501 g/mol. The minimum Gasteiger partial charge on any atom is -0.394 e. The van der Waals surface area contributed by atoms with E-state index in [1.54, 1.807) is 19.1 Å². The van der Waals surface area contributed by atoms with Gasteiger partial charge in [-0.05, 0) is 66.1 Å². The number of nitrogens with one attached hydrogen (secondary N) is 1. The highest BCUT2D eigenvalue weighted by atomic mass is 32.2. The van der Waals surface area contributed by atoms with Crippen molar-refractivity contribution in [2.24, 2.45) is 0 Å². The molecule has 2 N–H and O–H groups in total. The van der Waals surface area contributed by atoms with E-state index in [1.165, 1.54) is 23.3 Å². The minimum atomic E-state index is -3.30. The van der Waals surface area contributed by atoms with Gasteiger partial charge in [-0.25, -0.2) is 8.42 Å². The third-order valence-corrected chi connectivity index (χ3v) is 9.13.